The van der Waals surface area contributed by atoms with Crippen LogP contribution in [-0.2, 0) is 6.54 Å². The first kappa shape index (κ1) is 22.2. The van der Waals surface area contributed by atoms with Gasteiger partial charge in [-0.2, -0.15) is 0 Å². The molecule has 3 aromatic heterocycles. The molecule has 1 aromatic carbocycles. The van der Waals surface area contributed by atoms with Crippen LogP contribution < -0.4 is 10.2 Å². The number of nitrogens with zero attached hydrogens (tertiary/aromatic N) is 8. The average Bonchev–Trinajstić information content (AvgIpc) is 3.17. The molecule has 9 nitrogen and oxygen atoms in total. The Labute approximate surface area is 193 Å². The Morgan fingerprint density at radius 3 is 2.53 bits per heavy atom. The smallest absolute Gasteiger partial charge is 0.228 e. The molecule has 1 saturated heterocycles. The number of anilines is 3. The second-order valence-corrected chi connectivity index (χ2v) is 8.55. The Morgan fingerprint density at radius 1 is 1.00 bits per heavy atom. The fraction of sp³-hybridized carbons (Fsp3) is 0.409. The molecule has 32 heavy (non-hydrogen) atoms. The van der Waals surface area contributed by atoms with Gasteiger partial charge in [-0.1, -0.05) is 19.1 Å². The SMILES string of the molecule is CC(C)Cn1nnc2ccc3cnc(Nc4ccc(N5CCN(C)CC5)cn4)nc3c21.Cl. The number of fused-ring (bicyclic) bond motifs is 3. The lowest BCUT2D eigenvalue weighted by Crippen LogP contribution is -2.44. The largest absolute Gasteiger partial charge is 0.368 e. The van der Waals surface area contributed by atoms with Gasteiger partial charge in [0, 0.05) is 44.3 Å². The minimum atomic E-state index is 0. The van der Waals surface area contributed by atoms with Crippen LogP contribution in [0.25, 0.3) is 21.9 Å². The van der Waals surface area contributed by atoms with Gasteiger partial charge in [0.1, 0.15) is 22.4 Å². The van der Waals surface area contributed by atoms with Gasteiger partial charge in [0.25, 0.3) is 0 Å². The molecule has 1 fully saturated rings. The number of piperazine rings is 1. The third-order valence-electron chi connectivity index (χ3n) is 5.62. The van der Waals surface area contributed by atoms with Crippen molar-refractivity contribution in [3.63, 3.8) is 0 Å². The Morgan fingerprint density at radius 2 is 1.81 bits per heavy atom. The Bertz CT molecular complexity index is 1200. The van der Waals surface area contributed by atoms with Gasteiger partial charge < -0.3 is 15.1 Å². The van der Waals surface area contributed by atoms with Crippen molar-refractivity contribution in [1.29, 1.82) is 0 Å². The van der Waals surface area contributed by atoms with Crippen LogP contribution in [0, 0.1) is 5.92 Å². The molecule has 168 valence electrons. The lowest BCUT2D eigenvalue weighted by atomic mass is 10.2. The summed E-state index contributed by atoms with van der Waals surface area (Å²) in [6.45, 7) is 9.30. The van der Waals surface area contributed by atoms with E-state index in [2.05, 4.69) is 62.4 Å². The van der Waals surface area contributed by atoms with Gasteiger partial charge in [-0.25, -0.2) is 19.6 Å². The van der Waals surface area contributed by atoms with E-state index in [0.29, 0.717) is 11.9 Å². The van der Waals surface area contributed by atoms with Crippen molar-refractivity contribution in [2.24, 2.45) is 5.92 Å². The van der Waals surface area contributed by atoms with E-state index in [4.69, 9.17) is 4.98 Å². The van der Waals surface area contributed by atoms with Gasteiger partial charge in [-0.15, -0.1) is 17.5 Å². The summed E-state index contributed by atoms with van der Waals surface area (Å²) < 4.78 is 1.93. The highest BCUT2D eigenvalue weighted by Gasteiger charge is 2.15. The highest BCUT2D eigenvalue weighted by Crippen LogP contribution is 2.24. The molecule has 0 amide bonds. The number of hydrogen-bond acceptors (Lipinski definition) is 8. The second-order valence-electron chi connectivity index (χ2n) is 8.55. The molecule has 4 heterocycles. The number of rotatable bonds is 5. The molecule has 0 unspecified atom stereocenters. The van der Waals surface area contributed by atoms with Crippen LogP contribution in [0.5, 0.6) is 0 Å². The molecular weight excluding hydrogens is 426 g/mol. The van der Waals surface area contributed by atoms with Crippen LogP contribution in [0.15, 0.2) is 36.7 Å². The van der Waals surface area contributed by atoms with Gasteiger partial charge in [0.15, 0.2) is 0 Å². The topological polar surface area (TPSA) is 87.9 Å². The van der Waals surface area contributed by atoms with Crippen molar-refractivity contribution in [3.05, 3.63) is 36.7 Å². The van der Waals surface area contributed by atoms with E-state index in [9.17, 15) is 0 Å². The maximum Gasteiger partial charge on any atom is 0.228 e. The Balaban J connectivity index is 0.00000245. The van der Waals surface area contributed by atoms with Crippen LogP contribution in [0.2, 0.25) is 0 Å². The summed E-state index contributed by atoms with van der Waals surface area (Å²) in [5.74, 6) is 1.69. The van der Waals surface area contributed by atoms with E-state index in [1.165, 1.54) is 0 Å². The molecule has 0 bridgehead atoms. The molecule has 5 rings (SSSR count). The first-order chi connectivity index (χ1) is 15.1. The minimum Gasteiger partial charge on any atom is -0.368 e. The third-order valence-corrected chi connectivity index (χ3v) is 5.62. The third kappa shape index (κ3) is 4.44. The van der Waals surface area contributed by atoms with Crippen LogP contribution in [-0.4, -0.2) is 68.1 Å². The number of halogens is 1. The van der Waals surface area contributed by atoms with Crippen LogP contribution in [0.3, 0.4) is 0 Å². The summed E-state index contributed by atoms with van der Waals surface area (Å²) in [4.78, 5) is 18.5. The van der Waals surface area contributed by atoms with Gasteiger partial charge in [0.2, 0.25) is 5.95 Å². The summed E-state index contributed by atoms with van der Waals surface area (Å²) in [6, 6.07) is 8.03. The lowest BCUT2D eigenvalue weighted by molar-refractivity contribution is 0.313. The lowest BCUT2D eigenvalue weighted by Gasteiger charge is -2.33. The molecule has 0 spiro atoms. The number of hydrogen-bond donors (Lipinski definition) is 1. The predicted octanol–water partition coefficient (Wildman–Crippen LogP) is 3.34. The van der Waals surface area contributed by atoms with Crippen LogP contribution in [0.4, 0.5) is 17.5 Å². The average molecular weight is 454 g/mol. The van der Waals surface area contributed by atoms with Gasteiger partial charge in [0.05, 0.1) is 11.9 Å². The summed E-state index contributed by atoms with van der Waals surface area (Å²) in [5, 5.41) is 12.8. The van der Waals surface area contributed by atoms with Crippen LogP contribution in [0.1, 0.15) is 13.8 Å². The van der Waals surface area contributed by atoms with Crippen molar-refractivity contribution < 1.29 is 0 Å². The molecule has 1 N–H and O–H groups in total. The zero-order chi connectivity index (χ0) is 21.4. The summed E-state index contributed by atoms with van der Waals surface area (Å²) >= 11 is 0. The molecule has 10 heteroatoms. The standard InChI is InChI=1S/C22H27N9.ClH/c1-15(2)14-31-21-18(27-28-31)6-4-16-12-24-22(26-20(16)21)25-19-7-5-17(13-23-19)30-10-8-29(3)9-11-30;/h4-7,12-13,15H,8-11,14H2,1-3H3,(H,23,24,25,26);1H. The van der Waals surface area contributed by atoms with Gasteiger partial charge >= 0.3 is 0 Å². The quantitative estimate of drug-likeness (QED) is 0.492. The fourth-order valence-electron chi connectivity index (χ4n) is 3.91. The maximum atomic E-state index is 4.78. The van der Waals surface area contributed by atoms with Crippen molar-refractivity contribution in [2.75, 3.05) is 43.4 Å². The predicted molar refractivity (Wildman–Crippen MR) is 130 cm³/mol. The van der Waals surface area contributed by atoms with Crippen molar-refractivity contribution in [2.45, 2.75) is 20.4 Å². The van der Waals surface area contributed by atoms with Gasteiger partial charge in [-0.05, 0) is 37.2 Å². The summed E-state index contributed by atoms with van der Waals surface area (Å²) in [6.07, 6.45) is 3.74. The highest BCUT2D eigenvalue weighted by atomic mass is 35.5. The van der Waals surface area contributed by atoms with E-state index in [1.54, 1.807) is 0 Å². The maximum absolute atomic E-state index is 4.78. The molecule has 0 aliphatic carbocycles. The number of aromatic nitrogens is 6. The Kier molecular flexibility index (Phi) is 6.38. The van der Waals surface area contributed by atoms with E-state index >= 15 is 0 Å². The van der Waals surface area contributed by atoms with E-state index in [0.717, 1.165) is 66.2 Å². The zero-order valence-electron chi connectivity index (χ0n) is 18.6. The van der Waals surface area contributed by atoms with Crippen molar-refractivity contribution >= 4 is 51.8 Å². The number of pyridine rings is 1. The van der Waals surface area contributed by atoms with Crippen molar-refractivity contribution in [3.8, 4) is 0 Å². The molecule has 4 aromatic rings. The molecule has 0 atom stereocenters. The fourth-order valence-corrected chi connectivity index (χ4v) is 3.91. The number of likely N-dealkylation sites (N-methyl/N-ethyl adjacent to an activating group) is 1. The van der Waals surface area contributed by atoms with E-state index < -0.39 is 0 Å². The minimum absolute atomic E-state index is 0. The van der Waals surface area contributed by atoms with Crippen LogP contribution >= 0.6 is 12.4 Å². The molecule has 1 aliphatic rings. The number of nitrogens with one attached hydrogen (secondary N) is 1. The summed E-state index contributed by atoms with van der Waals surface area (Å²) in [7, 11) is 2.16. The summed E-state index contributed by atoms with van der Waals surface area (Å²) in [5.41, 5.74) is 3.76. The molecule has 1 aliphatic heterocycles. The first-order valence-electron chi connectivity index (χ1n) is 10.7. The highest BCUT2D eigenvalue weighted by molar-refractivity contribution is 6.01. The Hall–Kier alpha value is -3.04. The zero-order valence-corrected chi connectivity index (χ0v) is 19.4. The molecule has 0 saturated carbocycles. The molecule has 0 radical (unpaired) electrons. The van der Waals surface area contributed by atoms with Crippen molar-refractivity contribution in [1.82, 2.24) is 34.8 Å². The number of benzene rings is 1. The van der Waals surface area contributed by atoms with E-state index in [-0.39, 0.29) is 12.4 Å². The molecular formula is C22H28ClN9. The second kappa shape index (κ2) is 9.22. The van der Waals surface area contributed by atoms with Gasteiger partial charge in [-0.3, -0.25) is 0 Å². The first-order valence-corrected chi connectivity index (χ1v) is 10.7. The van der Waals surface area contributed by atoms with E-state index in [1.807, 2.05) is 35.3 Å². The monoisotopic (exact) mass is 453 g/mol. The normalized spacial score (nSPS) is 14.8.